The molecule has 0 bridgehead atoms. The van der Waals surface area contributed by atoms with Gasteiger partial charge in [0.25, 0.3) is 0 Å². The van der Waals surface area contributed by atoms with Crippen molar-refractivity contribution in [3.05, 3.63) is 33.3 Å². The number of carbonyl (C=O) groups excluding carboxylic acids is 1. The number of amides is 1. The maximum Gasteiger partial charge on any atom is 0.312 e. The summed E-state index contributed by atoms with van der Waals surface area (Å²) in [6, 6.07) is 4.16. The van der Waals surface area contributed by atoms with Gasteiger partial charge in [0.05, 0.1) is 18.0 Å². The van der Waals surface area contributed by atoms with Crippen LogP contribution < -0.4 is 10.5 Å². The molecule has 0 saturated carbocycles. The molecule has 1 aromatic rings. The van der Waals surface area contributed by atoms with Gasteiger partial charge in [-0.2, -0.15) is 0 Å². The van der Waals surface area contributed by atoms with Crippen LogP contribution in [0.2, 0.25) is 5.02 Å². The molecule has 2 rings (SSSR count). The van der Waals surface area contributed by atoms with Crippen LogP contribution in [-0.2, 0) is 4.79 Å². The van der Waals surface area contributed by atoms with Crippen LogP contribution in [0.1, 0.15) is 32.6 Å². The van der Waals surface area contributed by atoms with Gasteiger partial charge in [-0.1, -0.05) is 11.6 Å². The van der Waals surface area contributed by atoms with Crippen molar-refractivity contribution in [1.82, 2.24) is 4.90 Å². The molecule has 7 nitrogen and oxygen atoms in total. The first-order valence-corrected chi connectivity index (χ1v) is 8.39. The SMILES string of the molecule is CC(N)C1CCCCN1C(=O)CCOc1ccc(Cl)cc1[N+](=O)[O-].Cl. The number of piperidine rings is 1. The van der Waals surface area contributed by atoms with Gasteiger partial charge in [0.1, 0.15) is 0 Å². The molecule has 1 heterocycles. The van der Waals surface area contributed by atoms with Crippen molar-refractivity contribution in [2.45, 2.75) is 44.7 Å². The maximum atomic E-state index is 12.4. The molecular formula is C16H23Cl2N3O4. The molecule has 1 aliphatic heterocycles. The molecule has 1 aromatic carbocycles. The molecular weight excluding hydrogens is 369 g/mol. The van der Waals surface area contributed by atoms with E-state index in [9.17, 15) is 14.9 Å². The lowest BCUT2D eigenvalue weighted by atomic mass is 9.96. The first kappa shape index (κ1) is 21.5. The van der Waals surface area contributed by atoms with E-state index in [1.165, 1.54) is 18.2 Å². The lowest BCUT2D eigenvalue weighted by Gasteiger charge is -2.38. The van der Waals surface area contributed by atoms with Gasteiger partial charge >= 0.3 is 5.69 Å². The maximum absolute atomic E-state index is 12.4. The third-order valence-electron chi connectivity index (χ3n) is 4.17. The Hall–Kier alpha value is -1.57. The van der Waals surface area contributed by atoms with Crippen molar-refractivity contribution in [3.8, 4) is 5.75 Å². The van der Waals surface area contributed by atoms with E-state index in [2.05, 4.69) is 0 Å². The third kappa shape index (κ3) is 5.73. The minimum Gasteiger partial charge on any atom is -0.486 e. The second kappa shape index (κ2) is 9.79. The molecule has 9 heteroatoms. The van der Waals surface area contributed by atoms with Crippen LogP contribution in [0.5, 0.6) is 5.75 Å². The Morgan fingerprint density at radius 3 is 2.88 bits per heavy atom. The molecule has 2 unspecified atom stereocenters. The van der Waals surface area contributed by atoms with Crippen molar-refractivity contribution in [3.63, 3.8) is 0 Å². The average Bonchev–Trinajstić information content (AvgIpc) is 2.55. The van der Waals surface area contributed by atoms with Crippen molar-refractivity contribution < 1.29 is 14.5 Å². The van der Waals surface area contributed by atoms with Crippen LogP contribution >= 0.6 is 24.0 Å². The van der Waals surface area contributed by atoms with Crippen LogP contribution in [0.4, 0.5) is 5.69 Å². The molecule has 2 atom stereocenters. The second-order valence-corrected chi connectivity index (χ2v) is 6.41. The number of hydrogen-bond acceptors (Lipinski definition) is 5. The third-order valence-corrected chi connectivity index (χ3v) is 4.40. The van der Waals surface area contributed by atoms with E-state index in [0.29, 0.717) is 6.54 Å². The van der Waals surface area contributed by atoms with Gasteiger partial charge in [0.2, 0.25) is 5.91 Å². The summed E-state index contributed by atoms with van der Waals surface area (Å²) in [5.74, 6) is 0.0770. The molecule has 0 aliphatic carbocycles. The molecule has 0 radical (unpaired) electrons. The Bertz CT molecular complexity index is 613. The summed E-state index contributed by atoms with van der Waals surface area (Å²) < 4.78 is 5.43. The minimum atomic E-state index is -0.556. The molecule has 1 fully saturated rings. The van der Waals surface area contributed by atoms with Gasteiger partial charge < -0.3 is 15.4 Å². The Morgan fingerprint density at radius 2 is 2.24 bits per heavy atom. The number of halogens is 2. The zero-order chi connectivity index (χ0) is 17.7. The fraction of sp³-hybridized carbons (Fsp3) is 0.562. The summed E-state index contributed by atoms with van der Waals surface area (Å²) in [6.45, 7) is 2.68. The summed E-state index contributed by atoms with van der Waals surface area (Å²) in [7, 11) is 0. The fourth-order valence-electron chi connectivity index (χ4n) is 2.96. The van der Waals surface area contributed by atoms with Crippen LogP contribution in [0, 0.1) is 10.1 Å². The van der Waals surface area contributed by atoms with E-state index in [4.69, 9.17) is 22.1 Å². The molecule has 1 saturated heterocycles. The highest BCUT2D eigenvalue weighted by Crippen LogP contribution is 2.30. The van der Waals surface area contributed by atoms with Crippen molar-refractivity contribution >= 4 is 35.6 Å². The van der Waals surface area contributed by atoms with E-state index >= 15 is 0 Å². The van der Waals surface area contributed by atoms with E-state index in [0.717, 1.165) is 19.3 Å². The Labute approximate surface area is 158 Å². The first-order chi connectivity index (χ1) is 11.4. The smallest absolute Gasteiger partial charge is 0.312 e. The van der Waals surface area contributed by atoms with Crippen molar-refractivity contribution in [2.24, 2.45) is 5.73 Å². The fourth-order valence-corrected chi connectivity index (χ4v) is 3.13. The summed E-state index contributed by atoms with van der Waals surface area (Å²) in [6.07, 6.45) is 3.11. The second-order valence-electron chi connectivity index (χ2n) is 5.98. The number of nitrogens with zero attached hydrogens (tertiary/aromatic N) is 2. The lowest BCUT2D eigenvalue weighted by Crippen LogP contribution is -2.51. The number of carbonyl (C=O) groups is 1. The molecule has 1 amide bonds. The number of benzene rings is 1. The Balaban J connectivity index is 0.00000312. The highest BCUT2D eigenvalue weighted by molar-refractivity contribution is 6.30. The lowest BCUT2D eigenvalue weighted by molar-refractivity contribution is -0.385. The number of rotatable bonds is 6. The van der Waals surface area contributed by atoms with Gasteiger partial charge in [-0.15, -0.1) is 12.4 Å². The average molecular weight is 392 g/mol. The number of nitrogens with two attached hydrogens (primary N) is 1. The molecule has 0 spiro atoms. The van der Waals surface area contributed by atoms with Crippen molar-refractivity contribution in [2.75, 3.05) is 13.2 Å². The summed E-state index contributed by atoms with van der Waals surface area (Å²) in [5, 5.41) is 11.3. The zero-order valence-electron chi connectivity index (χ0n) is 14.0. The molecule has 140 valence electrons. The van der Waals surface area contributed by atoms with E-state index in [1.807, 2.05) is 11.8 Å². The number of nitro groups is 1. The van der Waals surface area contributed by atoms with E-state index in [1.54, 1.807) is 0 Å². The topological polar surface area (TPSA) is 98.7 Å². The highest BCUT2D eigenvalue weighted by Gasteiger charge is 2.29. The van der Waals surface area contributed by atoms with Gasteiger partial charge in [0.15, 0.2) is 5.75 Å². The Morgan fingerprint density at radius 1 is 1.52 bits per heavy atom. The molecule has 1 aliphatic rings. The summed E-state index contributed by atoms with van der Waals surface area (Å²) in [4.78, 5) is 24.7. The highest BCUT2D eigenvalue weighted by atomic mass is 35.5. The van der Waals surface area contributed by atoms with Gasteiger partial charge in [-0.05, 0) is 38.3 Å². The zero-order valence-corrected chi connectivity index (χ0v) is 15.6. The van der Waals surface area contributed by atoms with Crippen LogP contribution in [0.3, 0.4) is 0 Å². The summed E-state index contributed by atoms with van der Waals surface area (Å²) >= 11 is 5.76. The standard InChI is InChI=1S/C16H22ClN3O4.ClH/c1-11(18)13-4-2-3-8-19(13)16(21)7-9-24-15-6-5-12(17)10-14(15)20(22)23;/h5-6,10-11,13H,2-4,7-9,18H2,1H3;1H. The quantitative estimate of drug-likeness (QED) is 0.592. The first-order valence-electron chi connectivity index (χ1n) is 8.02. The molecule has 2 N–H and O–H groups in total. The van der Waals surface area contributed by atoms with E-state index < -0.39 is 4.92 Å². The van der Waals surface area contributed by atoms with Crippen LogP contribution in [-0.4, -0.2) is 41.0 Å². The number of likely N-dealkylation sites (tertiary alicyclic amines) is 1. The van der Waals surface area contributed by atoms with E-state index in [-0.39, 0.29) is 59.9 Å². The number of nitro benzene ring substituents is 1. The van der Waals surface area contributed by atoms with Gasteiger partial charge in [-0.3, -0.25) is 14.9 Å². The van der Waals surface area contributed by atoms with Gasteiger partial charge in [-0.25, -0.2) is 0 Å². The van der Waals surface area contributed by atoms with Crippen molar-refractivity contribution in [1.29, 1.82) is 0 Å². The minimum absolute atomic E-state index is 0. The number of hydrogen-bond donors (Lipinski definition) is 1. The summed E-state index contributed by atoms with van der Waals surface area (Å²) in [5.41, 5.74) is 5.76. The number of ether oxygens (including phenoxy) is 1. The van der Waals surface area contributed by atoms with Crippen LogP contribution in [0.15, 0.2) is 18.2 Å². The predicted molar refractivity (Wildman–Crippen MR) is 98.5 cm³/mol. The molecule has 0 aromatic heterocycles. The normalized spacial score (nSPS) is 18.2. The molecule has 25 heavy (non-hydrogen) atoms. The predicted octanol–water partition coefficient (Wildman–Crippen LogP) is 3.17. The largest absolute Gasteiger partial charge is 0.486 e. The Kier molecular flexibility index (Phi) is 8.41. The van der Waals surface area contributed by atoms with Crippen LogP contribution in [0.25, 0.3) is 0 Å². The van der Waals surface area contributed by atoms with Gasteiger partial charge in [0, 0.05) is 29.7 Å². The monoisotopic (exact) mass is 391 g/mol.